The van der Waals surface area contributed by atoms with Gasteiger partial charge in [-0.25, -0.2) is 0 Å². The number of fused-ring (bicyclic) bond motifs is 7. The minimum atomic E-state index is -1.31. The fourth-order valence-electron chi connectivity index (χ4n) is 8.55. The summed E-state index contributed by atoms with van der Waals surface area (Å²) in [5.74, 6) is -0.165. The molecule has 4 aliphatic carbocycles. The van der Waals surface area contributed by atoms with E-state index in [4.69, 9.17) is 9.47 Å². The van der Waals surface area contributed by atoms with E-state index in [2.05, 4.69) is 6.92 Å². The van der Waals surface area contributed by atoms with Gasteiger partial charge in [0, 0.05) is 16.7 Å². The Hall–Kier alpha value is -2.38. The Bertz CT molecular complexity index is 1170. The highest BCUT2D eigenvalue weighted by atomic mass is 16.7. The maximum absolute atomic E-state index is 13.5. The molecule has 36 heavy (non-hydrogen) atoms. The first-order chi connectivity index (χ1) is 17.2. The van der Waals surface area contributed by atoms with Crippen LogP contribution in [0, 0.1) is 28.6 Å². The van der Waals surface area contributed by atoms with Gasteiger partial charge < -0.3 is 19.7 Å². The molecule has 1 heterocycles. The number of allylic oxidation sites excluding steroid dienone is 4. The molecule has 6 heteroatoms. The second kappa shape index (κ2) is 8.32. The summed E-state index contributed by atoms with van der Waals surface area (Å²) in [7, 11) is 0. The van der Waals surface area contributed by atoms with Crippen LogP contribution in [0.5, 0.6) is 0 Å². The number of benzene rings is 1. The Balaban J connectivity index is 1.35. The van der Waals surface area contributed by atoms with Gasteiger partial charge in [0.25, 0.3) is 0 Å². The first-order valence-electron chi connectivity index (χ1n) is 13.1. The Morgan fingerprint density at radius 2 is 2.00 bits per heavy atom. The molecular weight excluding hydrogens is 456 g/mol. The van der Waals surface area contributed by atoms with E-state index in [-0.39, 0.29) is 34.7 Å². The van der Waals surface area contributed by atoms with Crippen molar-refractivity contribution in [1.29, 1.82) is 0 Å². The number of carbonyl (C=O) groups is 2. The minimum absolute atomic E-state index is 0.00959. The van der Waals surface area contributed by atoms with Gasteiger partial charge in [-0.1, -0.05) is 61.9 Å². The van der Waals surface area contributed by atoms with Crippen LogP contribution in [0.3, 0.4) is 0 Å². The van der Waals surface area contributed by atoms with Crippen LogP contribution in [-0.4, -0.2) is 52.5 Å². The van der Waals surface area contributed by atoms with Gasteiger partial charge in [-0.3, -0.25) is 9.59 Å². The number of ether oxygens (including phenoxy) is 2. The van der Waals surface area contributed by atoms with Gasteiger partial charge in [-0.15, -0.1) is 0 Å². The molecule has 0 aromatic heterocycles. The van der Waals surface area contributed by atoms with Crippen molar-refractivity contribution in [2.24, 2.45) is 28.6 Å². The molecule has 6 rings (SSSR count). The van der Waals surface area contributed by atoms with Crippen LogP contribution in [0.1, 0.15) is 45.1 Å². The second-order valence-electron chi connectivity index (χ2n) is 11.6. The molecule has 1 aromatic carbocycles. The van der Waals surface area contributed by atoms with Crippen LogP contribution in [-0.2, 0) is 19.1 Å². The van der Waals surface area contributed by atoms with Crippen LogP contribution in [0.15, 0.2) is 60.2 Å². The fraction of sp³-hybridized carbons (Fsp3) is 0.533. The molecule has 1 saturated heterocycles. The van der Waals surface area contributed by atoms with E-state index in [9.17, 15) is 19.8 Å². The molecule has 1 aromatic rings. The van der Waals surface area contributed by atoms with Gasteiger partial charge in [0.05, 0.1) is 12.2 Å². The normalized spacial score (nSPS) is 45.1. The molecular formula is C30H34O6. The Kier molecular flexibility index (Phi) is 5.54. The highest BCUT2D eigenvalue weighted by Gasteiger charge is 2.75. The zero-order chi connectivity index (χ0) is 25.3. The molecule has 3 saturated carbocycles. The van der Waals surface area contributed by atoms with Crippen molar-refractivity contribution >= 4 is 17.6 Å². The standard InChI is InChI=1S/C30H34O6/c1-28-13-12-20(32)14-19(28)9-10-21-22-15-25-30(24(34)17-31,29(22,2)16-23(33)27(21)28)36-26(35-25)11-8-18-6-4-3-5-7-18/h3-8,11-14,21-23,25-27,31,33H,9-10,15-17H2,1-2H3/b11-8+/t21-,22-,23-,25+,26?,27+,28-,29-,30+/m0/s1. The van der Waals surface area contributed by atoms with Crippen molar-refractivity contribution in [3.8, 4) is 0 Å². The highest BCUT2D eigenvalue weighted by molar-refractivity contribution is 6.01. The first-order valence-corrected chi connectivity index (χ1v) is 13.1. The highest BCUT2D eigenvalue weighted by Crippen LogP contribution is 2.69. The predicted octanol–water partition coefficient (Wildman–Crippen LogP) is 3.63. The van der Waals surface area contributed by atoms with Crippen molar-refractivity contribution in [3.63, 3.8) is 0 Å². The molecule has 6 nitrogen and oxygen atoms in total. The van der Waals surface area contributed by atoms with Crippen LogP contribution in [0.2, 0.25) is 0 Å². The summed E-state index contributed by atoms with van der Waals surface area (Å²) in [4.78, 5) is 25.5. The molecule has 1 aliphatic heterocycles. The molecule has 0 radical (unpaired) electrons. The number of ketones is 2. The summed E-state index contributed by atoms with van der Waals surface area (Å²) in [5, 5.41) is 21.7. The number of hydrogen-bond acceptors (Lipinski definition) is 6. The molecule has 1 unspecified atom stereocenters. The van der Waals surface area contributed by atoms with Gasteiger partial charge in [-0.05, 0) is 61.3 Å². The lowest BCUT2D eigenvalue weighted by Gasteiger charge is -2.59. The number of hydrogen-bond donors (Lipinski definition) is 2. The monoisotopic (exact) mass is 490 g/mol. The zero-order valence-corrected chi connectivity index (χ0v) is 20.8. The summed E-state index contributed by atoms with van der Waals surface area (Å²) in [6, 6.07) is 9.82. The van der Waals surface area contributed by atoms with Crippen molar-refractivity contribution in [1.82, 2.24) is 0 Å². The third-order valence-electron chi connectivity index (χ3n) is 10.1. The quantitative estimate of drug-likeness (QED) is 0.670. The Morgan fingerprint density at radius 1 is 1.22 bits per heavy atom. The van der Waals surface area contributed by atoms with Crippen LogP contribution in [0.4, 0.5) is 0 Å². The third-order valence-corrected chi connectivity index (χ3v) is 10.1. The van der Waals surface area contributed by atoms with Crippen LogP contribution in [0.25, 0.3) is 6.08 Å². The largest absolute Gasteiger partial charge is 0.393 e. The number of carbonyl (C=O) groups excluding carboxylic acids is 2. The molecule has 0 spiro atoms. The summed E-state index contributed by atoms with van der Waals surface area (Å²) in [5.41, 5.74) is -0.274. The van der Waals surface area contributed by atoms with Gasteiger partial charge in [-0.2, -0.15) is 0 Å². The minimum Gasteiger partial charge on any atom is -0.393 e. The summed E-state index contributed by atoms with van der Waals surface area (Å²) >= 11 is 0. The average molecular weight is 491 g/mol. The van der Waals surface area contributed by atoms with E-state index in [1.807, 2.05) is 55.5 Å². The maximum atomic E-state index is 13.5. The van der Waals surface area contributed by atoms with E-state index in [1.165, 1.54) is 0 Å². The molecule has 4 fully saturated rings. The van der Waals surface area contributed by atoms with E-state index < -0.39 is 36.1 Å². The number of aliphatic hydroxyl groups excluding tert-OH is 2. The number of Topliss-reactive ketones (excluding diaryl/α,β-unsaturated/α-hetero) is 1. The second-order valence-corrected chi connectivity index (χ2v) is 11.6. The summed E-state index contributed by atoms with van der Waals surface area (Å²) in [6.45, 7) is 3.55. The van der Waals surface area contributed by atoms with Crippen LogP contribution >= 0.6 is 0 Å². The lowest BCUT2D eigenvalue weighted by atomic mass is 9.46. The Labute approximate surface area is 211 Å². The topological polar surface area (TPSA) is 93.1 Å². The smallest absolute Gasteiger partial charge is 0.193 e. The van der Waals surface area contributed by atoms with E-state index in [1.54, 1.807) is 12.2 Å². The number of rotatable bonds is 4. The van der Waals surface area contributed by atoms with Crippen molar-refractivity contribution < 1.29 is 29.3 Å². The first kappa shape index (κ1) is 24.0. The lowest BCUT2D eigenvalue weighted by molar-refractivity contribution is -0.193. The van der Waals surface area contributed by atoms with E-state index >= 15 is 0 Å². The van der Waals surface area contributed by atoms with Gasteiger partial charge >= 0.3 is 0 Å². The number of aliphatic hydroxyl groups is 2. The molecule has 9 atom stereocenters. The average Bonchev–Trinajstić information content (AvgIpc) is 3.35. The van der Waals surface area contributed by atoms with Crippen LogP contribution < -0.4 is 0 Å². The van der Waals surface area contributed by atoms with Gasteiger partial charge in [0.2, 0.25) is 0 Å². The predicted molar refractivity (Wildman–Crippen MR) is 133 cm³/mol. The molecule has 2 N–H and O–H groups in total. The third kappa shape index (κ3) is 3.18. The molecule has 190 valence electrons. The van der Waals surface area contributed by atoms with Crippen molar-refractivity contribution in [3.05, 3.63) is 65.8 Å². The van der Waals surface area contributed by atoms with Gasteiger partial charge in [0.1, 0.15) is 6.61 Å². The molecule has 0 amide bonds. The lowest BCUT2D eigenvalue weighted by Crippen LogP contribution is -2.63. The zero-order valence-electron chi connectivity index (χ0n) is 20.8. The van der Waals surface area contributed by atoms with Crippen molar-refractivity contribution in [2.75, 3.05) is 6.61 Å². The molecule has 0 bridgehead atoms. The SMILES string of the molecule is C[C@]12C=CC(=O)C=C1CC[C@@H]1[C@@H]2[C@@H](O)C[C@@]2(C)[C@H]1C[C@H]1OC(/C=C/c3ccccc3)O[C@]12C(=O)CO. The molecule has 5 aliphatic rings. The van der Waals surface area contributed by atoms with E-state index in [0.717, 1.165) is 24.0 Å². The van der Waals surface area contributed by atoms with Crippen molar-refractivity contribution in [2.45, 2.75) is 63.6 Å². The maximum Gasteiger partial charge on any atom is 0.193 e. The Morgan fingerprint density at radius 3 is 2.75 bits per heavy atom. The summed E-state index contributed by atoms with van der Waals surface area (Å²) < 4.78 is 12.9. The summed E-state index contributed by atoms with van der Waals surface area (Å²) in [6.07, 6.45) is 9.89. The van der Waals surface area contributed by atoms with E-state index in [0.29, 0.717) is 12.8 Å². The van der Waals surface area contributed by atoms with Gasteiger partial charge in [0.15, 0.2) is 23.5 Å². The fourth-order valence-corrected chi connectivity index (χ4v) is 8.55.